The van der Waals surface area contributed by atoms with Crippen molar-refractivity contribution in [2.45, 2.75) is 70.5 Å². The lowest BCUT2D eigenvalue weighted by Gasteiger charge is -2.33. The zero-order chi connectivity index (χ0) is 23.9. The van der Waals surface area contributed by atoms with Gasteiger partial charge in [-0.2, -0.15) is 0 Å². The molecule has 0 heterocycles. The van der Waals surface area contributed by atoms with Gasteiger partial charge in [-0.15, -0.1) is 11.8 Å². The molecule has 174 valence electrons. The molecule has 1 N–H and O–H groups in total. The van der Waals surface area contributed by atoms with Crippen LogP contribution in [0.4, 0.5) is 0 Å². The Labute approximate surface area is 206 Å². The molecule has 2 rings (SSSR count). The summed E-state index contributed by atoms with van der Waals surface area (Å²) in [5, 5.41) is 4.02. The van der Waals surface area contributed by atoms with Gasteiger partial charge in [-0.1, -0.05) is 53.9 Å². The van der Waals surface area contributed by atoms with Gasteiger partial charge in [0.25, 0.3) is 0 Å². The number of carbonyl (C=O) groups is 2. The molecule has 0 aliphatic carbocycles. The summed E-state index contributed by atoms with van der Waals surface area (Å²) in [4.78, 5) is 29.1. The number of halogens is 2. The molecule has 32 heavy (non-hydrogen) atoms. The van der Waals surface area contributed by atoms with Gasteiger partial charge in [-0.05, 0) is 63.9 Å². The van der Waals surface area contributed by atoms with Crippen LogP contribution in [0.25, 0.3) is 0 Å². The van der Waals surface area contributed by atoms with E-state index in [2.05, 4.69) is 29.6 Å². The smallest absolute Gasteiger partial charge is 0.243 e. The molecule has 2 amide bonds. The number of rotatable bonds is 9. The number of nitrogens with one attached hydrogen (secondary N) is 1. The highest BCUT2D eigenvalue weighted by Gasteiger charge is 2.30. The van der Waals surface area contributed by atoms with E-state index in [9.17, 15) is 9.59 Å². The van der Waals surface area contributed by atoms with Crippen LogP contribution in [0.5, 0.6) is 0 Å². The number of hydrogen-bond donors (Lipinski definition) is 1. The van der Waals surface area contributed by atoms with Gasteiger partial charge in [0.15, 0.2) is 0 Å². The van der Waals surface area contributed by atoms with Crippen LogP contribution in [-0.4, -0.2) is 34.0 Å². The van der Waals surface area contributed by atoms with Crippen molar-refractivity contribution in [3.8, 4) is 0 Å². The Morgan fingerprint density at radius 2 is 1.75 bits per heavy atom. The first-order valence-corrected chi connectivity index (χ1v) is 12.5. The quantitative estimate of drug-likeness (QED) is 0.404. The molecule has 0 saturated carbocycles. The topological polar surface area (TPSA) is 49.4 Å². The second-order valence-corrected chi connectivity index (χ2v) is 10.8. The maximum absolute atomic E-state index is 13.3. The number of amides is 2. The SMILES string of the molecule is CCC(C(=O)NC(C)(C)C)N(Cc1ccc(Cl)cc1Cl)C(=O)CCSc1ccc(C)cc1. The molecular formula is C25H32Cl2N2O2S. The molecule has 0 bridgehead atoms. The summed E-state index contributed by atoms with van der Waals surface area (Å²) in [5.74, 6) is 0.389. The van der Waals surface area contributed by atoms with Crippen LogP contribution in [0.1, 0.15) is 51.7 Å². The fourth-order valence-electron chi connectivity index (χ4n) is 3.24. The molecule has 0 aliphatic rings. The van der Waals surface area contributed by atoms with Crippen LogP contribution in [0.2, 0.25) is 10.0 Å². The highest BCUT2D eigenvalue weighted by molar-refractivity contribution is 7.99. The number of hydrogen-bond acceptors (Lipinski definition) is 3. The largest absolute Gasteiger partial charge is 0.350 e. The van der Waals surface area contributed by atoms with E-state index >= 15 is 0 Å². The minimum Gasteiger partial charge on any atom is -0.350 e. The van der Waals surface area contributed by atoms with Crippen molar-refractivity contribution >= 4 is 46.8 Å². The van der Waals surface area contributed by atoms with E-state index in [1.54, 1.807) is 34.9 Å². The van der Waals surface area contributed by atoms with Crippen LogP contribution >= 0.6 is 35.0 Å². The molecule has 1 atom stereocenters. The first kappa shape index (κ1) is 26.6. The van der Waals surface area contributed by atoms with Gasteiger partial charge in [0.05, 0.1) is 0 Å². The molecule has 2 aromatic rings. The normalized spacial score (nSPS) is 12.3. The summed E-state index contributed by atoms with van der Waals surface area (Å²) in [6.45, 7) is 10.00. The van der Waals surface area contributed by atoms with E-state index in [1.165, 1.54) is 5.56 Å². The van der Waals surface area contributed by atoms with Crippen LogP contribution in [0, 0.1) is 6.92 Å². The van der Waals surface area contributed by atoms with Crippen molar-refractivity contribution in [1.29, 1.82) is 0 Å². The lowest BCUT2D eigenvalue weighted by molar-refractivity contribution is -0.141. The van der Waals surface area contributed by atoms with Crippen LogP contribution in [-0.2, 0) is 16.1 Å². The first-order chi connectivity index (χ1) is 15.0. The van der Waals surface area contributed by atoms with Gasteiger partial charge in [-0.25, -0.2) is 0 Å². The minimum atomic E-state index is -0.585. The van der Waals surface area contributed by atoms with Crippen molar-refractivity contribution in [2.24, 2.45) is 0 Å². The third-order valence-electron chi connectivity index (χ3n) is 4.85. The Hall–Kier alpha value is -1.69. The fourth-order valence-corrected chi connectivity index (χ4v) is 4.55. The molecule has 0 spiro atoms. The Kier molecular flexibility index (Phi) is 9.93. The predicted molar refractivity (Wildman–Crippen MR) is 136 cm³/mol. The molecule has 1 unspecified atom stereocenters. The number of nitrogens with zero attached hydrogens (tertiary/aromatic N) is 1. The Bertz CT molecular complexity index is 927. The van der Waals surface area contributed by atoms with Gasteiger partial charge in [-0.3, -0.25) is 9.59 Å². The third-order valence-corrected chi connectivity index (χ3v) is 6.45. The van der Waals surface area contributed by atoms with Crippen molar-refractivity contribution in [3.05, 3.63) is 63.6 Å². The van der Waals surface area contributed by atoms with E-state index in [0.29, 0.717) is 28.6 Å². The summed E-state index contributed by atoms with van der Waals surface area (Å²) >= 11 is 14.0. The number of benzene rings is 2. The molecule has 4 nitrogen and oxygen atoms in total. The summed E-state index contributed by atoms with van der Waals surface area (Å²) in [7, 11) is 0. The molecule has 0 saturated heterocycles. The summed E-state index contributed by atoms with van der Waals surface area (Å²) < 4.78 is 0. The van der Waals surface area contributed by atoms with E-state index in [0.717, 1.165) is 10.5 Å². The standard InChI is InChI=1S/C25H32Cl2N2O2S/c1-6-22(24(31)28-25(3,4)5)29(16-18-9-10-19(26)15-21(18)27)23(30)13-14-32-20-11-7-17(2)8-12-20/h7-12,15,22H,6,13-14,16H2,1-5H3,(H,28,31). The van der Waals surface area contributed by atoms with Crippen molar-refractivity contribution in [2.75, 3.05) is 5.75 Å². The lowest BCUT2D eigenvalue weighted by atomic mass is 10.1. The van der Waals surface area contributed by atoms with Crippen LogP contribution < -0.4 is 5.32 Å². The van der Waals surface area contributed by atoms with Crippen LogP contribution in [0.15, 0.2) is 47.4 Å². The summed E-state index contributed by atoms with van der Waals surface area (Å²) in [6.07, 6.45) is 0.826. The number of thioether (sulfide) groups is 1. The maximum atomic E-state index is 13.3. The molecule has 0 aliphatic heterocycles. The molecule has 0 radical (unpaired) electrons. The van der Waals surface area contributed by atoms with E-state index in [-0.39, 0.29) is 18.4 Å². The lowest BCUT2D eigenvalue weighted by Crippen LogP contribution is -2.53. The van der Waals surface area contributed by atoms with Gasteiger partial charge < -0.3 is 10.2 Å². The average Bonchev–Trinajstić information content (AvgIpc) is 2.69. The molecule has 7 heteroatoms. The van der Waals surface area contributed by atoms with Gasteiger partial charge >= 0.3 is 0 Å². The summed E-state index contributed by atoms with van der Waals surface area (Å²) in [6, 6.07) is 12.9. The van der Waals surface area contributed by atoms with Gasteiger partial charge in [0, 0.05) is 39.2 Å². The second-order valence-electron chi connectivity index (χ2n) is 8.83. The van der Waals surface area contributed by atoms with E-state index in [1.807, 2.05) is 34.6 Å². The second kappa shape index (κ2) is 12.0. The monoisotopic (exact) mass is 494 g/mol. The highest BCUT2D eigenvalue weighted by Crippen LogP contribution is 2.25. The van der Waals surface area contributed by atoms with Crippen LogP contribution in [0.3, 0.4) is 0 Å². The molecular weight excluding hydrogens is 463 g/mol. The third kappa shape index (κ3) is 8.34. The molecule has 2 aromatic carbocycles. The predicted octanol–water partition coefficient (Wildman–Crippen LogP) is 6.51. The van der Waals surface area contributed by atoms with Crippen molar-refractivity contribution in [1.82, 2.24) is 10.2 Å². The fraction of sp³-hybridized carbons (Fsp3) is 0.440. The average molecular weight is 496 g/mol. The van der Waals surface area contributed by atoms with Gasteiger partial charge in [0.1, 0.15) is 6.04 Å². The number of aryl methyl sites for hydroxylation is 1. The van der Waals surface area contributed by atoms with Gasteiger partial charge in [0.2, 0.25) is 11.8 Å². The Morgan fingerprint density at radius 3 is 2.31 bits per heavy atom. The number of carbonyl (C=O) groups excluding carboxylic acids is 2. The highest BCUT2D eigenvalue weighted by atomic mass is 35.5. The zero-order valence-electron chi connectivity index (χ0n) is 19.4. The maximum Gasteiger partial charge on any atom is 0.243 e. The van der Waals surface area contributed by atoms with E-state index < -0.39 is 11.6 Å². The van der Waals surface area contributed by atoms with Crippen molar-refractivity contribution in [3.63, 3.8) is 0 Å². The zero-order valence-corrected chi connectivity index (χ0v) is 21.7. The summed E-state index contributed by atoms with van der Waals surface area (Å²) in [5.41, 5.74) is 1.57. The van der Waals surface area contributed by atoms with E-state index in [4.69, 9.17) is 23.2 Å². The Balaban J connectivity index is 2.19. The first-order valence-electron chi connectivity index (χ1n) is 10.7. The molecule has 0 aromatic heterocycles. The minimum absolute atomic E-state index is 0.0773. The van der Waals surface area contributed by atoms with Crippen molar-refractivity contribution < 1.29 is 9.59 Å². The molecule has 0 fully saturated rings. The Morgan fingerprint density at radius 1 is 1.09 bits per heavy atom.